The van der Waals surface area contributed by atoms with Crippen molar-refractivity contribution in [3.05, 3.63) is 35.6 Å². The van der Waals surface area contributed by atoms with Gasteiger partial charge in [0.1, 0.15) is 5.82 Å². The molecular weight excluding hydrogens is 239 g/mol. The zero-order chi connectivity index (χ0) is 13.8. The minimum absolute atomic E-state index is 0.140. The average Bonchev–Trinajstić information content (AvgIpc) is 2.35. The van der Waals surface area contributed by atoms with Crippen molar-refractivity contribution in [3.8, 4) is 0 Å². The number of hydrogen-bond acceptors (Lipinski definition) is 2. The summed E-state index contributed by atoms with van der Waals surface area (Å²) in [5, 5.41) is 3.51. The number of hydrogen-bond donors (Lipinski definition) is 1. The van der Waals surface area contributed by atoms with Gasteiger partial charge in [0.25, 0.3) is 0 Å². The summed E-state index contributed by atoms with van der Waals surface area (Å²) >= 11 is 0. The van der Waals surface area contributed by atoms with Crippen LogP contribution < -0.4 is 5.32 Å². The summed E-state index contributed by atoms with van der Waals surface area (Å²) in [6, 6.07) is 7.29. The zero-order valence-corrected chi connectivity index (χ0v) is 12.2. The lowest BCUT2D eigenvalue weighted by molar-refractivity contribution is 0.142. The van der Waals surface area contributed by atoms with Gasteiger partial charge in [-0.05, 0) is 49.5 Å². The van der Waals surface area contributed by atoms with Crippen molar-refractivity contribution in [1.82, 2.24) is 10.2 Å². The minimum Gasteiger partial charge on any atom is -0.316 e. The van der Waals surface area contributed by atoms with Crippen LogP contribution in [0.1, 0.15) is 32.4 Å². The second-order valence-corrected chi connectivity index (χ2v) is 6.05. The quantitative estimate of drug-likeness (QED) is 0.883. The lowest BCUT2D eigenvalue weighted by Gasteiger charge is -2.36. The van der Waals surface area contributed by atoms with Crippen molar-refractivity contribution in [2.75, 3.05) is 26.2 Å². The monoisotopic (exact) mass is 264 g/mol. The molecule has 1 saturated heterocycles. The van der Waals surface area contributed by atoms with E-state index < -0.39 is 0 Å². The van der Waals surface area contributed by atoms with Gasteiger partial charge in [-0.1, -0.05) is 26.0 Å². The van der Waals surface area contributed by atoms with Crippen LogP contribution >= 0.6 is 0 Å². The lowest BCUT2D eigenvalue weighted by Crippen LogP contribution is -2.43. The van der Waals surface area contributed by atoms with Gasteiger partial charge in [0.15, 0.2) is 0 Å². The maximum absolute atomic E-state index is 13.4. The van der Waals surface area contributed by atoms with Gasteiger partial charge in [-0.3, -0.25) is 4.90 Å². The molecule has 3 atom stereocenters. The van der Waals surface area contributed by atoms with Gasteiger partial charge in [0.05, 0.1) is 0 Å². The number of nitrogens with zero attached hydrogens (tertiary/aromatic N) is 1. The van der Waals surface area contributed by atoms with Crippen LogP contribution in [-0.4, -0.2) is 31.1 Å². The molecule has 0 aromatic heterocycles. The molecule has 0 saturated carbocycles. The summed E-state index contributed by atoms with van der Waals surface area (Å²) in [6.45, 7) is 11.0. The molecule has 0 bridgehead atoms. The molecular formula is C16H25FN2. The first-order valence-corrected chi connectivity index (χ1v) is 7.26. The third-order valence-corrected chi connectivity index (χ3v) is 3.96. The molecule has 0 amide bonds. The van der Waals surface area contributed by atoms with E-state index in [1.54, 1.807) is 12.1 Å². The second-order valence-electron chi connectivity index (χ2n) is 6.05. The maximum atomic E-state index is 13.4. The van der Waals surface area contributed by atoms with Crippen LogP contribution in [0.25, 0.3) is 0 Å². The van der Waals surface area contributed by atoms with Gasteiger partial charge in [0.2, 0.25) is 0 Å². The van der Waals surface area contributed by atoms with E-state index >= 15 is 0 Å². The van der Waals surface area contributed by atoms with Gasteiger partial charge in [-0.15, -0.1) is 0 Å². The summed E-state index contributed by atoms with van der Waals surface area (Å²) in [5.74, 6) is 1.12. The van der Waals surface area contributed by atoms with Gasteiger partial charge >= 0.3 is 0 Å². The highest BCUT2D eigenvalue weighted by molar-refractivity contribution is 5.19. The molecule has 0 aliphatic carbocycles. The van der Waals surface area contributed by atoms with Gasteiger partial charge in [-0.25, -0.2) is 4.39 Å². The molecule has 3 unspecified atom stereocenters. The topological polar surface area (TPSA) is 15.3 Å². The molecule has 1 aliphatic rings. The third-order valence-electron chi connectivity index (χ3n) is 3.96. The Bertz CT molecular complexity index is 395. The van der Waals surface area contributed by atoms with E-state index in [-0.39, 0.29) is 11.9 Å². The van der Waals surface area contributed by atoms with E-state index in [2.05, 4.69) is 31.0 Å². The Balaban J connectivity index is 2.12. The normalized spacial score (nSPS) is 27.6. The number of rotatable bonds is 2. The van der Waals surface area contributed by atoms with Crippen LogP contribution in [0.4, 0.5) is 4.39 Å². The SMILES string of the molecule is CC1CNCC(C)CN(C(C)c2cccc(F)c2)C1. The highest BCUT2D eigenvalue weighted by Crippen LogP contribution is 2.23. The maximum Gasteiger partial charge on any atom is 0.123 e. The molecule has 0 spiro atoms. The largest absolute Gasteiger partial charge is 0.316 e. The molecule has 1 aromatic rings. The number of benzene rings is 1. The summed E-state index contributed by atoms with van der Waals surface area (Å²) in [7, 11) is 0. The fourth-order valence-electron chi connectivity index (χ4n) is 2.87. The molecule has 1 aromatic carbocycles. The Labute approximate surface area is 116 Å². The van der Waals surface area contributed by atoms with E-state index in [0.29, 0.717) is 11.8 Å². The van der Waals surface area contributed by atoms with Gasteiger partial charge < -0.3 is 5.32 Å². The van der Waals surface area contributed by atoms with E-state index in [1.165, 1.54) is 6.07 Å². The van der Waals surface area contributed by atoms with Gasteiger partial charge in [0, 0.05) is 19.1 Å². The highest BCUT2D eigenvalue weighted by atomic mass is 19.1. The number of nitrogens with one attached hydrogen (secondary N) is 1. The molecule has 2 nitrogen and oxygen atoms in total. The van der Waals surface area contributed by atoms with E-state index in [1.807, 2.05) is 6.07 Å². The zero-order valence-electron chi connectivity index (χ0n) is 12.2. The van der Waals surface area contributed by atoms with E-state index in [4.69, 9.17) is 0 Å². The Hall–Kier alpha value is -0.930. The fourth-order valence-corrected chi connectivity index (χ4v) is 2.87. The molecule has 3 heteroatoms. The van der Waals surface area contributed by atoms with Crippen molar-refractivity contribution >= 4 is 0 Å². The highest BCUT2D eigenvalue weighted by Gasteiger charge is 2.22. The van der Waals surface area contributed by atoms with Crippen molar-refractivity contribution in [2.45, 2.75) is 26.8 Å². The standard InChI is InChI=1S/C16H25FN2/c1-12-8-18-9-13(2)11-19(10-12)14(3)15-5-4-6-16(17)7-15/h4-7,12-14,18H,8-11H2,1-3H3. The smallest absolute Gasteiger partial charge is 0.123 e. The summed E-state index contributed by atoms with van der Waals surface area (Å²) in [6.07, 6.45) is 0. The van der Waals surface area contributed by atoms with Crippen molar-refractivity contribution in [2.24, 2.45) is 11.8 Å². The van der Waals surface area contributed by atoms with E-state index in [0.717, 1.165) is 31.7 Å². The summed E-state index contributed by atoms with van der Waals surface area (Å²) in [5.41, 5.74) is 1.08. The molecule has 1 aliphatic heterocycles. The van der Waals surface area contributed by atoms with Crippen molar-refractivity contribution in [1.29, 1.82) is 0 Å². The molecule has 1 heterocycles. The minimum atomic E-state index is -0.140. The number of halogens is 1. The van der Waals surface area contributed by atoms with Crippen LogP contribution in [0.3, 0.4) is 0 Å². The molecule has 19 heavy (non-hydrogen) atoms. The predicted octanol–water partition coefficient (Wildman–Crippen LogP) is 3.06. The first-order chi connectivity index (χ1) is 9.06. The van der Waals surface area contributed by atoms with Crippen LogP contribution in [0.15, 0.2) is 24.3 Å². The van der Waals surface area contributed by atoms with Crippen molar-refractivity contribution in [3.63, 3.8) is 0 Å². The molecule has 1 N–H and O–H groups in total. The average molecular weight is 264 g/mol. The van der Waals surface area contributed by atoms with Crippen LogP contribution in [0.2, 0.25) is 0 Å². The van der Waals surface area contributed by atoms with Crippen molar-refractivity contribution < 1.29 is 4.39 Å². The van der Waals surface area contributed by atoms with Crippen LogP contribution in [0.5, 0.6) is 0 Å². The summed E-state index contributed by atoms with van der Waals surface area (Å²) < 4.78 is 13.4. The Morgan fingerprint density at radius 3 is 2.42 bits per heavy atom. The first-order valence-electron chi connectivity index (χ1n) is 7.26. The molecule has 0 radical (unpaired) electrons. The molecule has 106 valence electrons. The Morgan fingerprint density at radius 2 is 1.84 bits per heavy atom. The second kappa shape index (κ2) is 6.49. The van der Waals surface area contributed by atoms with Crippen LogP contribution in [-0.2, 0) is 0 Å². The van der Waals surface area contributed by atoms with Gasteiger partial charge in [-0.2, -0.15) is 0 Å². The van der Waals surface area contributed by atoms with Crippen LogP contribution in [0, 0.1) is 17.7 Å². The Morgan fingerprint density at radius 1 is 1.21 bits per heavy atom. The molecule has 1 fully saturated rings. The third kappa shape index (κ3) is 4.02. The summed E-state index contributed by atoms with van der Waals surface area (Å²) in [4.78, 5) is 2.49. The van der Waals surface area contributed by atoms with E-state index in [9.17, 15) is 4.39 Å². The molecule has 2 rings (SSSR count). The fraction of sp³-hybridized carbons (Fsp3) is 0.625. The Kier molecular flexibility index (Phi) is 4.94. The first kappa shape index (κ1) is 14.5. The predicted molar refractivity (Wildman–Crippen MR) is 77.6 cm³/mol. The lowest BCUT2D eigenvalue weighted by atomic mass is 10.0.